The highest BCUT2D eigenvalue weighted by molar-refractivity contribution is 5.81. The molecule has 0 bridgehead atoms. The number of benzene rings is 1. The van der Waals surface area contributed by atoms with Crippen molar-refractivity contribution in [2.45, 2.75) is 19.3 Å². The van der Waals surface area contributed by atoms with E-state index in [1.807, 2.05) is 23.1 Å². The normalized spacial score (nSPS) is 19.0. The molecule has 1 aromatic carbocycles. The second-order valence-electron chi connectivity index (χ2n) is 5.62. The fourth-order valence-corrected chi connectivity index (χ4v) is 2.56. The molecule has 1 aliphatic carbocycles. The summed E-state index contributed by atoms with van der Waals surface area (Å²) < 4.78 is 5.35. The molecule has 2 fully saturated rings. The Kier molecular flexibility index (Phi) is 4.08. The van der Waals surface area contributed by atoms with E-state index in [9.17, 15) is 9.59 Å². The van der Waals surface area contributed by atoms with Crippen LogP contribution in [-0.4, -0.2) is 48.0 Å². The molecule has 1 heterocycles. The number of para-hydroxylation sites is 1. The van der Waals surface area contributed by atoms with Gasteiger partial charge in [-0.15, -0.1) is 0 Å². The van der Waals surface area contributed by atoms with Gasteiger partial charge in [0.2, 0.25) is 5.91 Å². The Labute approximate surface area is 124 Å². The Bertz CT molecular complexity index is 514. The first-order valence-electron chi connectivity index (χ1n) is 7.54. The van der Waals surface area contributed by atoms with E-state index in [1.54, 1.807) is 17.0 Å². The summed E-state index contributed by atoms with van der Waals surface area (Å²) in [6.07, 6.45) is 2.52. The summed E-state index contributed by atoms with van der Waals surface area (Å²) in [6.45, 7) is 2.54. The number of hydrogen-bond donors (Lipinski definition) is 0. The van der Waals surface area contributed by atoms with Crippen molar-refractivity contribution in [3.05, 3.63) is 30.3 Å². The Morgan fingerprint density at radius 1 is 0.952 bits per heavy atom. The second-order valence-corrected chi connectivity index (χ2v) is 5.62. The van der Waals surface area contributed by atoms with Gasteiger partial charge in [-0.3, -0.25) is 4.79 Å². The predicted molar refractivity (Wildman–Crippen MR) is 78.0 cm³/mol. The van der Waals surface area contributed by atoms with Crippen LogP contribution in [0, 0.1) is 5.92 Å². The molecule has 0 spiro atoms. The molecule has 2 amide bonds. The zero-order valence-electron chi connectivity index (χ0n) is 12.0. The molecule has 0 radical (unpaired) electrons. The molecular formula is C16H20N2O3. The highest BCUT2D eigenvalue weighted by Crippen LogP contribution is 2.31. The molecule has 3 rings (SSSR count). The summed E-state index contributed by atoms with van der Waals surface area (Å²) in [5.41, 5.74) is 0. The lowest BCUT2D eigenvalue weighted by molar-refractivity contribution is -0.132. The van der Waals surface area contributed by atoms with Crippen molar-refractivity contribution in [3.8, 4) is 5.75 Å². The van der Waals surface area contributed by atoms with Crippen molar-refractivity contribution < 1.29 is 14.3 Å². The summed E-state index contributed by atoms with van der Waals surface area (Å²) in [5, 5.41) is 0. The molecule has 0 aromatic heterocycles. The zero-order chi connectivity index (χ0) is 14.7. The Morgan fingerprint density at radius 2 is 1.62 bits per heavy atom. The smallest absolute Gasteiger partial charge is 0.410 e. The number of amides is 2. The minimum absolute atomic E-state index is 0.243. The first kappa shape index (κ1) is 13.9. The molecule has 2 aliphatic rings. The maximum atomic E-state index is 12.1. The maximum absolute atomic E-state index is 12.1. The predicted octanol–water partition coefficient (Wildman–Crippen LogP) is 2.13. The molecule has 5 nitrogen and oxygen atoms in total. The van der Waals surface area contributed by atoms with Gasteiger partial charge >= 0.3 is 6.09 Å². The van der Waals surface area contributed by atoms with Gasteiger partial charge < -0.3 is 14.5 Å². The molecule has 112 valence electrons. The minimum atomic E-state index is -0.332. The number of carbonyl (C=O) groups is 2. The average molecular weight is 288 g/mol. The number of nitrogens with zero attached hydrogens (tertiary/aromatic N) is 2. The molecule has 5 heteroatoms. The van der Waals surface area contributed by atoms with E-state index in [2.05, 4.69) is 0 Å². The zero-order valence-corrected chi connectivity index (χ0v) is 12.0. The van der Waals surface area contributed by atoms with Gasteiger partial charge in [0.25, 0.3) is 0 Å². The van der Waals surface area contributed by atoms with Gasteiger partial charge in [-0.2, -0.15) is 0 Å². The number of carbonyl (C=O) groups excluding carboxylic acids is 2. The summed E-state index contributed by atoms with van der Waals surface area (Å²) in [6, 6.07) is 9.07. The van der Waals surface area contributed by atoms with Crippen LogP contribution in [0.5, 0.6) is 5.75 Å². The Balaban J connectivity index is 1.54. The van der Waals surface area contributed by atoms with E-state index in [-0.39, 0.29) is 17.9 Å². The third kappa shape index (κ3) is 3.54. The van der Waals surface area contributed by atoms with Crippen LogP contribution in [-0.2, 0) is 4.79 Å². The van der Waals surface area contributed by atoms with Crippen molar-refractivity contribution in [3.63, 3.8) is 0 Å². The summed E-state index contributed by atoms with van der Waals surface area (Å²) in [5.74, 6) is 1.05. The van der Waals surface area contributed by atoms with E-state index in [0.717, 1.165) is 25.8 Å². The van der Waals surface area contributed by atoms with Gasteiger partial charge in [0.1, 0.15) is 5.75 Å². The maximum Gasteiger partial charge on any atom is 0.415 e. The standard InChI is InChI=1S/C16H20N2O3/c19-15(13-7-8-13)17-9-4-10-18(12-11-17)16(20)21-14-5-2-1-3-6-14/h1-3,5-6,13H,4,7-12H2. The lowest BCUT2D eigenvalue weighted by Gasteiger charge is -2.21. The largest absolute Gasteiger partial charge is 0.415 e. The van der Waals surface area contributed by atoms with Crippen LogP contribution in [0.2, 0.25) is 0 Å². The number of ether oxygens (including phenoxy) is 1. The van der Waals surface area contributed by atoms with E-state index in [4.69, 9.17) is 4.74 Å². The highest BCUT2D eigenvalue weighted by Gasteiger charge is 2.34. The molecule has 0 unspecified atom stereocenters. The lowest BCUT2D eigenvalue weighted by atomic mass is 10.3. The van der Waals surface area contributed by atoms with Crippen LogP contribution in [0.4, 0.5) is 4.79 Å². The van der Waals surface area contributed by atoms with E-state index in [0.29, 0.717) is 25.4 Å². The third-order valence-electron chi connectivity index (χ3n) is 3.94. The Hall–Kier alpha value is -2.04. The fourth-order valence-electron chi connectivity index (χ4n) is 2.56. The lowest BCUT2D eigenvalue weighted by Crippen LogP contribution is -2.39. The van der Waals surface area contributed by atoms with Crippen LogP contribution in [0.15, 0.2) is 30.3 Å². The summed E-state index contributed by atoms with van der Waals surface area (Å²) >= 11 is 0. The van der Waals surface area contributed by atoms with Crippen LogP contribution in [0.1, 0.15) is 19.3 Å². The number of hydrogen-bond acceptors (Lipinski definition) is 3. The second kappa shape index (κ2) is 6.16. The van der Waals surface area contributed by atoms with Crippen LogP contribution in [0.3, 0.4) is 0 Å². The van der Waals surface area contributed by atoms with Gasteiger partial charge in [-0.25, -0.2) is 4.79 Å². The number of rotatable bonds is 2. The van der Waals surface area contributed by atoms with Crippen molar-refractivity contribution in [2.75, 3.05) is 26.2 Å². The molecule has 1 saturated heterocycles. The summed E-state index contributed by atoms with van der Waals surface area (Å²) in [7, 11) is 0. The third-order valence-corrected chi connectivity index (χ3v) is 3.94. The van der Waals surface area contributed by atoms with Gasteiger partial charge in [-0.1, -0.05) is 18.2 Å². The fraction of sp³-hybridized carbons (Fsp3) is 0.500. The van der Waals surface area contributed by atoms with Crippen molar-refractivity contribution in [1.82, 2.24) is 9.80 Å². The van der Waals surface area contributed by atoms with Gasteiger partial charge in [-0.05, 0) is 31.4 Å². The SMILES string of the molecule is O=C(Oc1ccccc1)N1CCCN(C(=O)C2CC2)CC1. The molecular weight excluding hydrogens is 268 g/mol. The van der Waals surface area contributed by atoms with Gasteiger partial charge in [0.15, 0.2) is 0 Å². The van der Waals surface area contributed by atoms with Crippen LogP contribution in [0.25, 0.3) is 0 Å². The highest BCUT2D eigenvalue weighted by atomic mass is 16.6. The van der Waals surface area contributed by atoms with E-state index < -0.39 is 0 Å². The molecule has 0 N–H and O–H groups in total. The molecule has 1 saturated carbocycles. The monoisotopic (exact) mass is 288 g/mol. The van der Waals surface area contributed by atoms with Crippen LogP contribution >= 0.6 is 0 Å². The molecule has 0 atom stereocenters. The summed E-state index contributed by atoms with van der Waals surface area (Å²) in [4.78, 5) is 27.8. The van der Waals surface area contributed by atoms with Crippen LogP contribution < -0.4 is 4.74 Å². The molecule has 1 aromatic rings. The topological polar surface area (TPSA) is 49.9 Å². The van der Waals surface area contributed by atoms with Gasteiger partial charge in [0, 0.05) is 32.1 Å². The van der Waals surface area contributed by atoms with Crippen molar-refractivity contribution >= 4 is 12.0 Å². The molecule has 21 heavy (non-hydrogen) atoms. The first-order valence-corrected chi connectivity index (χ1v) is 7.54. The van der Waals surface area contributed by atoms with E-state index >= 15 is 0 Å². The molecule has 1 aliphatic heterocycles. The quantitative estimate of drug-likeness (QED) is 0.837. The minimum Gasteiger partial charge on any atom is -0.410 e. The van der Waals surface area contributed by atoms with Gasteiger partial charge in [0.05, 0.1) is 0 Å². The average Bonchev–Trinajstić information content (AvgIpc) is 3.34. The van der Waals surface area contributed by atoms with Crippen molar-refractivity contribution in [2.24, 2.45) is 5.92 Å². The first-order chi connectivity index (χ1) is 10.2. The Morgan fingerprint density at radius 3 is 2.33 bits per heavy atom. The van der Waals surface area contributed by atoms with E-state index in [1.165, 1.54) is 0 Å². The van der Waals surface area contributed by atoms with Crippen molar-refractivity contribution in [1.29, 1.82) is 0 Å².